The van der Waals surface area contributed by atoms with E-state index in [1.807, 2.05) is 18.5 Å². The Morgan fingerprint density at radius 2 is 1.88 bits per heavy atom. The summed E-state index contributed by atoms with van der Waals surface area (Å²) in [5, 5.41) is 10.6. The minimum Gasteiger partial charge on any atom is -0.357 e. The van der Waals surface area contributed by atoms with E-state index in [0.29, 0.717) is 6.54 Å². The summed E-state index contributed by atoms with van der Waals surface area (Å²) in [5.74, 6) is 0.830. The van der Waals surface area contributed by atoms with Gasteiger partial charge in [-0.15, -0.1) is 0 Å². The third-order valence-corrected chi connectivity index (χ3v) is 4.74. The molecule has 26 heavy (non-hydrogen) atoms. The fourth-order valence-electron chi connectivity index (χ4n) is 3.34. The standard InChI is InChI=1S/C20H22FN5/c21-18-5-3-16(4-6-18)20-17(14-24-25-20)13-22-12-15-7-8-23-19(11-15)26-9-1-2-10-26/h3-8,11,14,22H,1-2,9-10,12-13H2,(H,24,25). The summed E-state index contributed by atoms with van der Waals surface area (Å²) in [7, 11) is 0. The van der Waals surface area contributed by atoms with E-state index in [1.54, 1.807) is 12.1 Å². The minimum atomic E-state index is -0.237. The van der Waals surface area contributed by atoms with Gasteiger partial charge in [0.2, 0.25) is 0 Å². The number of pyridine rings is 1. The molecule has 0 aliphatic carbocycles. The second-order valence-electron chi connectivity index (χ2n) is 6.60. The number of benzene rings is 1. The molecule has 1 aliphatic rings. The maximum Gasteiger partial charge on any atom is 0.128 e. The van der Waals surface area contributed by atoms with Gasteiger partial charge in [0, 0.05) is 43.5 Å². The summed E-state index contributed by atoms with van der Waals surface area (Å²) in [6, 6.07) is 10.7. The second-order valence-corrected chi connectivity index (χ2v) is 6.60. The third-order valence-electron chi connectivity index (χ3n) is 4.74. The third kappa shape index (κ3) is 3.75. The van der Waals surface area contributed by atoms with E-state index < -0.39 is 0 Å². The maximum atomic E-state index is 13.1. The Labute approximate surface area is 152 Å². The van der Waals surface area contributed by atoms with Gasteiger partial charge in [-0.25, -0.2) is 9.37 Å². The van der Waals surface area contributed by atoms with Gasteiger partial charge in [0.1, 0.15) is 11.6 Å². The van der Waals surface area contributed by atoms with Crippen molar-refractivity contribution in [3.63, 3.8) is 0 Å². The molecule has 0 spiro atoms. The van der Waals surface area contributed by atoms with Crippen LogP contribution >= 0.6 is 0 Å². The molecule has 134 valence electrons. The fourth-order valence-corrected chi connectivity index (χ4v) is 3.34. The lowest BCUT2D eigenvalue weighted by Crippen LogP contribution is -2.19. The van der Waals surface area contributed by atoms with Gasteiger partial charge in [-0.1, -0.05) is 0 Å². The van der Waals surface area contributed by atoms with Crippen molar-refractivity contribution in [3.05, 3.63) is 65.7 Å². The Kier molecular flexibility index (Phi) is 4.93. The molecular formula is C20H22FN5. The molecule has 1 saturated heterocycles. The molecule has 2 aromatic heterocycles. The van der Waals surface area contributed by atoms with Gasteiger partial charge in [0.25, 0.3) is 0 Å². The quantitative estimate of drug-likeness (QED) is 0.714. The Balaban J connectivity index is 1.39. The smallest absolute Gasteiger partial charge is 0.128 e. The van der Waals surface area contributed by atoms with Crippen LogP contribution in [0.4, 0.5) is 10.2 Å². The van der Waals surface area contributed by atoms with Gasteiger partial charge in [-0.3, -0.25) is 5.10 Å². The number of nitrogens with one attached hydrogen (secondary N) is 2. The molecule has 1 aliphatic heterocycles. The molecule has 0 bridgehead atoms. The molecule has 1 fully saturated rings. The van der Waals surface area contributed by atoms with E-state index in [1.165, 1.54) is 30.5 Å². The molecule has 3 heterocycles. The van der Waals surface area contributed by atoms with Crippen molar-refractivity contribution in [3.8, 4) is 11.3 Å². The summed E-state index contributed by atoms with van der Waals surface area (Å²) < 4.78 is 13.1. The molecule has 1 aromatic carbocycles. The van der Waals surface area contributed by atoms with Crippen LogP contribution in [0.3, 0.4) is 0 Å². The van der Waals surface area contributed by atoms with Gasteiger partial charge >= 0.3 is 0 Å². The van der Waals surface area contributed by atoms with E-state index in [-0.39, 0.29) is 5.82 Å². The zero-order valence-electron chi connectivity index (χ0n) is 14.6. The first kappa shape index (κ1) is 16.7. The predicted molar refractivity (Wildman–Crippen MR) is 100 cm³/mol. The largest absolute Gasteiger partial charge is 0.357 e. The first-order valence-electron chi connectivity index (χ1n) is 8.98. The Morgan fingerprint density at radius 3 is 2.69 bits per heavy atom. The van der Waals surface area contributed by atoms with Crippen molar-refractivity contribution in [1.29, 1.82) is 0 Å². The molecule has 6 heteroatoms. The van der Waals surface area contributed by atoms with Crippen LogP contribution < -0.4 is 10.2 Å². The van der Waals surface area contributed by atoms with Crippen LogP contribution in [0.2, 0.25) is 0 Å². The number of rotatable bonds is 6. The van der Waals surface area contributed by atoms with Crippen LogP contribution in [0, 0.1) is 5.82 Å². The molecule has 0 radical (unpaired) electrons. The van der Waals surface area contributed by atoms with Crippen LogP contribution in [-0.4, -0.2) is 28.3 Å². The SMILES string of the molecule is Fc1ccc(-c2[nH]ncc2CNCc2ccnc(N3CCCC3)c2)cc1. The summed E-state index contributed by atoms with van der Waals surface area (Å²) in [5.41, 5.74) is 4.13. The van der Waals surface area contributed by atoms with Crippen LogP contribution in [0.5, 0.6) is 0 Å². The van der Waals surface area contributed by atoms with Gasteiger partial charge in [-0.05, 0) is 54.8 Å². The highest BCUT2D eigenvalue weighted by molar-refractivity contribution is 5.62. The molecule has 3 aromatic rings. The van der Waals surface area contributed by atoms with Gasteiger partial charge in [-0.2, -0.15) is 5.10 Å². The number of nitrogens with zero attached hydrogens (tertiary/aromatic N) is 3. The molecule has 0 amide bonds. The van der Waals surface area contributed by atoms with E-state index in [9.17, 15) is 4.39 Å². The van der Waals surface area contributed by atoms with Crippen LogP contribution in [0.15, 0.2) is 48.8 Å². The Morgan fingerprint density at radius 1 is 1.08 bits per heavy atom. The molecule has 5 nitrogen and oxygen atoms in total. The second kappa shape index (κ2) is 7.66. The average Bonchev–Trinajstić information content (AvgIpc) is 3.35. The predicted octanol–water partition coefficient (Wildman–Crippen LogP) is 3.50. The Bertz CT molecular complexity index is 853. The summed E-state index contributed by atoms with van der Waals surface area (Å²) >= 11 is 0. The zero-order valence-corrected chi connectivity index (χ0v) is 14.6. The Hall–Kier alpha value is -2.73. The lowest BCUT2D eigenvalue weighted by molar-refractivity contribution is 0.628. The van der Waals surface area contributed by atoms with Crippen molar-refractivity contribution < 1.29 is 4.39 Å². The summed E-state index contributed by atoms with van der Waals surface area (Å²) in [6.45, 7) is 3.64. The number of anilines is 1. The lowest BCUT2D eigenvalue weighted by Gasteiger charge is -2.17. The molecule has 4 rings (SSSR count). The maximum absolute atomic E-state index is 13.1. The van der Waals surface area contributed by atoms with Crippen LogP contribution in [0.1, 0.15) is 24.0 Å². The van der Waals surface area contributed by atoms with Crippen molar-refractivity contribution >= 4 is 5.82 Å². The first-order chi connectivity index (χ1) is 12.8. The van der Waals surface area contributed by atoms with Gasteiger partial charge in [0.05, 0.1) is 11.9 Å². The molecule has 2 N–H and O–H groups in total. The highest BCUT2D eigenvalue weighted by Gasteiger charge is 2.13. The summed E-state index contributed by atoms with van der Waals surface area (Å²) in [6.07, 6.45) is 6.19. The average molecular weight is 351 g/mol. The van der Waals surface area contributed by atoms with E-state index in [2.05, 4.69) is 31.5 Å². The summed E-state index contributed by atoms with van der Waals surface area (Å²) in [4.78, 5) is 6.83. The highest BCUT2D eigenvalue weighted by atomic mass is 19.1. The fraction of sp³-hybridized carbons (Fsp3) is 0.300. The molecule has 0 saturated carbocycles. The topological polar surface area (TPSA) is 56.8 Å². The van der Waals surface area contributed by atoms with Crippen molar-refractivity contribution in [2.75, 3.05) is 18.0 Å². The molecular weight excluding hydrogens is 329 g/mol. The number of H-pyrrole nitrogens is 1. The number of halogens is 1. The van der Waals surface area contributed by atoms with Gasteiger partial charge in [0.15, 0.2) is 0 Å². The van der Waals surface area contributed by atoms with Crippen LogP contribution in [-0.2, 0) is 13.1 Å². The number of hydrogen-bond acceptors (Lipinski definition) is 4. The van der Waals surface area contributed by atoms with E-state index >= 15 is 0 Å². The van der Waals surface area contributed by atoms with Crippen LogP contribution in [0.25, 0.3) is 11.3 Å². The van der Waals surface area contributed by atoms with Gasteiger partial charge < -0.3 is 10.2 Å². The number of aromatic amines is 1. The normalized spacial score (nSPS) is 14.1. The lowest BCUT2D eigenvalue weighted by atomic mass is 10.1. The first-order valence-corrected chi connectivity index (χ1v) is 8.98. The zero-order chi connectivity index (χ0) is 17.8. The number of hydrogen-bond donors (Lipinski definition) is 2. The van der Waals surface area contributed by atoms with Crippen molar-refractivity contribution in [2.24, 2.45) is 0 Å². The van der Waals surface area contributed by atoms with E-state index in [0.717, 1.165) is 42.3 Å². The highest BCUT2D eigenvalue weighted by Crippen LogP contribution is 2.22. The van der Waals surface area contributed by atoms with Crippen molar-refractivity contribution in [2.45, 2.75) is 25.9 Å². The van der Waals surface area contributed by atoms with E-state index in [4.69, 9.17) is 0 Å². The molecule has 0 unspecified atom stereocenters. The molecule has 0 atom stereocenters. The monoisotopic (exact) mass is 351 g/mol. The number of aromatic nitrogens is 3. The van der Waals surface area contributed by atoms with Crippen molar-refractivity contribution in [1.82, 2.24) is 20.5 Å². The minimum absolute atomic E-state index is 0.237.